The number of hydrogen-bond acceptors (Lipinski definition) is 2. The van der Waals surface area contributed by atoms with Gasteiger partial charge in [-0.05, 0) is 24.1 Å². The van der Waals surface area contributed by atoms with Crippen molar-refractivity contribution in [2.75, 3.05) is 19.6 Å². The molecule has 0 aromatic heterocycles. The van der Waals surface area contributed by atoms with Crippen LogP contribution in [0.25, 0.3) is 0 Å². The molecule has 2 N–H and O–H groups in total. The lowest BCUT2D eigenvalue weighted by atomic mass is 10.0. The predicted molar refractivity (Wildman–Crippen MR) is 54.7 cm³/mol. The van der Waals surface area contributed by atoms with Gasteiger partial charge in [-0.3, -0.25) is 0 Å². The Bertz CT molecular complexity index is 315. The van der Waals surface area contributed by atoms with Crippen molar-refractivity contribution in [2.24, 2.45) is 0 Å². The summed E-state index contributed by atoms with van der Waals surface area (Å²) >= 11 is 0. The fourth-order valence-corrected chi connectivity index (χ4v) is 1.87. The zero-order valence-corrected chi connectivity index (χ0v) is 8.39. The lowest BCUT2D eigenvalue weighted by molar-refractivity contribution is 0.415. The normalized spacial score (nSPS) is 21.6. The maximum Gasteiger partial charge on any atom is 0.126 e. The quantitative estimate of drug-likeness (QED) is 0.766. The third-order valence-corrected chi connectivity index (χ3v) is 2.53. The van der Waals surface area contributed by atoms with Crippen molar-refractivity contribution in [1.82, 2.24) is 10.6 Å². The molecular formula is C11H14F2N2. The van der Waals surface area contributed by atoms with Crippen LogP contribution < -0.4 is 10.6 Å². The zero-order chi connectivity index (χ0) is 10.7. The Hall–Kier alpha value is -1.00. The molecule has 82 valence electrons. The lowest BCUT2D eigenvalue weighted by Crippen LogP contribution is -2.49. The second kappa shape index (κ2) is 4.68. The summed E-state index contributed by atoms with van der Waals surface area (Å²) in [7, 11) is 0. The van der Waals surface area contributed by atoms with E-state index in [4.69, 9.17) is 0 Å². The van der Waals surface area contributed by atoms with Gasteiger partial charge in [-0.25, -0.2) is 8.78 Å². The van der Waals surface area contributed by atoms with Gasteiger partial charge in [0.15, 0.2) is 0 Å². The smallest absolute Gasteiger partial charge is 0.126 e. The SMILES string of the molecule is Fc1cc(F)cc(CC2CNCCN2)c1. The summed E-state index contributed by atoms with van der Waals surface area (Å²) in [6.45, 7) is 2.70. The molecule has 0 bridgehead atoms. The summed E-state index contributed by atoms with van der Waals surface area (Å²) in [5.41, 5.74) is 0.703. The van der Waals surface area contributed by atoms with E-state index in [2.05, 4.69) is 10.6 Å². The minimum Gasteiger partial charge on any atom is -0.314 e. The molecule has 1 aromatic rings. The number of rotatable bonds is 2. The Morgan fingerprint density at radius 2 is 1.87 bits per heavy atom. The molecule has 1 aliphatic rings. The van der Waals surface area contributed by atoms with Gasteiger partial charge in [-0.15, -0.1) is 0 Å². The molecule has 1 aromatic carbocycles. The van der Waals surface area contributed by atoms with Crippen molar-refractivity contribution < 1.29 is 8.78 Å². The molecule has 1 fully saturated rings. The Morgan fingerprint density at radius 1 is 1.13 bits per heavy atom. The fourth-order valence-electron chi connectivity index (χ4n) is 1.87. The number of nitrogens with one attached hydrogen (secondary N) is 2. The van der Waals surface area contributed by atoms with E-state index in [1.807, 2.05) is 0 Å². The summed E-state index contributed by atoms with van der Waals surface area (Å²) < 4.78 is 25.8. The highest BCUT2D eigenvalue weighted by Gasteiger charge is 2.13. The zero-order valence-electron chi connectivity index (χ0n) is 8.39. The molecule has 1 heterocycles. The predicted octanol–water partition coefficient (Wildman–Crippen LogP) is 1.07. The minimum atomic E-state index is -0.506. The first-order chi connectivity index (χ1) is 7.24. The van der Waals surface area contributed by atoms with E-state index >= 15 is 0 Å². The molecule has 2 rings (SSSR count). The van der Waals surface area contributed by atoms with Crippen LogP contribution in [0.4, 0.5) is 8.78 Å². The molecule has 1 aliphatic heterocycles. The first kappa shape index (κ1) is 10.5. The van der Waals surface area contributed by atoms with E-state index in [1.165, 1.54) is 12.1 Å². The third kappa shape index (κ3) is 2.97. The van der Waals surface area contributed by atoms with Crippen LogP contribution in [0.15, 0.2) is 18.2 Å². The molecule has 0 aliphatic carbocycles. The van der Waals surface area contributed by atoms with E-state index in [-0.39, 0.29) is 6.04 Å². The lowest BCUT2D eigenvalue weighted by Gasteiger charge is -2.24. The number of halogens is 2. The third-order valence-electron chi connectivity index (χ3n) is 2.53. The standard InChI is InChI=1S/C11H14F2N2/c12-9-3-8(4-10(13)6-9)5-11-7-14-1-2-15-11/h3-4,6,11,14-15H,1-2,5,7H2. The van der Waals surface area contributed by atoms with E-state index in [9.17, 15) is 8.78 Å². The average Bonchev–Trinajstić information content (AvgIpc) is 2.17. The van der Waals surface area contributed by atoms with Gasteiger partial charge in [0, 0.05) is 31.7 Å². The van der Waals surface area contributed by atoms with Gasteiger partial charge >= 0.3 is 0 Å². The fraction of sp³-hybridized carbons (Fsp3) is 0.455. The van der Waals surface area contributed by atoms with Crippen LogP contribution in [0.2, 0.25) is 0 Å². The average molecular weight is 212 g/mol. The molecule has 1 saturated heterocycles. The molecule has 0 amide bonds. The maximum atomic E-state index is 12.9. The van der Waals surface area contributed by atoms with E-state index in [0.29, 0.717) is 12.0 Å². The summed E-state index contributed by atoms with van der Waals surface area (Å²) in [4.78, 5) is 0. The molecular weight excluding hydrogens is 198 g/mol. The Labute approximate surface area is 87.7 Å². The summed E-state index contributed by atoms with van der Waals surface area (Å²) in [6.07, 6.45) is 0.654. The van der Waals surface area contributed by atoms with E-state index in [0.717, 1.165) is 25.7 Å². The van der Waals surface area contributed by atoms with Crippen LogP contribution in [0.1, 0.15) is 5.56 Å². The van der Waals surface area contributed by atoms with Gasteiger partial charge in [-0.2, -0.15) is 0 Å². The number of hydrogen-bond donors (Lipinski definition) is 2. The molecule has 0 saturated carbocycles. The van der Waals surface area contributed by atoms with Crippen LogP contribution in [0.5, 0.6) is 0 Å². The molecule has 1 unspecified atom stereocenters. The van der Waals surface area contributed by atoms with Crippen LogP contribution in [-0.4, -0.2) is 25.7 Å². The molecule has 0 radical (unpaired) electrons. The minimum absolute atomic E-state index is 0.264. The maximum absolute atomic E-state index is 12.9. The highest BCUT2D eigenvalue weighted by atomic mass is 19.1. The highest BCUT2D eigenvalue weighted by Crippen LogP contribution is 2.10. The second-order valence-corrected chi connectivity index (χ2v) is 3.84. The molecule has 4 heteroatoms. The van der Waals surface area contributed by atoms with Crippen molar-refractivity contribution in [2.45, 2.75) is 12.5 Å². The van der Waals surface area contributed by atoms with Crippen molar-refractivity contribution in [3.05, 3.63) is 35.4 Å². The van der Waals surface area contributed by atoms with Crippen molar-refractivity contribution in [3.8, 4) is 0 Å². The Balaban J connectivity index is 2.02. The molecule has 0 spiro atoms. The second-order valence-electron chi connectivity index (χ2n) is 3.84. The van der Waals surface area contributed by atoms with Crippen molar-refractivity contribution in [3.63, 3.8) is 0 Å². The van der Waals surface area contributed by atoms with Crippen LogP contribution >= 0.6 is 0 Å². The van der Waals surface area contributed by atoms with Crippen molar-refractivity contribution >= 4 is 0 Å². The molecule has 2 nitrogen and oxygen atoms in total. The molecule has 1 atom stereocenters. The summed E-state index contributed by atoms with van der Waals surface area (Å²) in [6, 6.07) is 3.94. The van der Waals surface area contributed by atoms with Gasteiger partial charge < -0.3 is 10.6 Å². The van der Waals surface area contributed by atoms with Gasteiger partial charge in [-0.1, -0.05) is 0 Å². The topological polar surface area (TPSA) is 24.1 Å². The first-order valence-corrected chi connectivity index (χ1v) is 5.13. The summed E-state index contributed by atoms with van der Waals surface area (Å²) in [5, 5.41) is 6.53. The first-order valence-electron chi connectivity index (χ1n) is 5.13. The van der Waals surface area contributed by atoms with Crippen LogP contribution in [0, 0.1) is 11.6 Å². The Morgan fingerprint density at radius 3 is 2.47 bits per heavy atom. The van der Waals surface area contributed by atoms with Gasteiger partial charge in [0.05, 0.1) is 0 Å². The monoisotopic (exact) mass is 212 g/mol. The van der Waals surface area contributed by atoms with Crippen molar-refractivity contribution in [1.29, 1.82) is 0 Å². The Kier molecular flexibility index (Phi) is 3.28. The van der Waals surface area contributed by atoms with Gasteiger partial charge in [0.2, 0.25) is 0 Å². The highest BCUT2D eigenvalue weighted by molar-refractivity contribution is 5.19. The number of benzene rings is 1. The van der Waals surface area contributed by atoms with Gasteiger partial charge in [0.25, 0.3) is 0 Å². The van der Waals surface area contributed by atoms with Gasteiger partial charge in [0.1, 0.15) is 11.6 Å². The summed E-state index contributed by atoms with van der Waals surface area (Å²) in [5.74, 6) is -1.01. The molecule has 15 heavy (non-hydrogen) atoms. The van der Waals surface area contributed by atoms with Crippen LogP contribution in [0.3, 0.4) is 0 Å². The number of piperazine rings is 1. The van der Waals surface area contributed by atoms with Crippen LogP contribution in [-0.2, 0) is 6.42 Å². The van der Waals surface area contributed by atoms with E-state index in [1.54, 1.807) is 0 Å². The van der Waals surface area contributed by atoms with E-state index < -0.39 is 11.6 Å². The largest absolute Gasteiger partial charge is 0.314 e.